The fourth-order valence-corrected chi connectivity index (χ4v) is 2.27. The zero-order valence-electron chi connectivity index (χ0n) is 10.9. The van der Waals surface area contributed by atoms with Gasteiger partial charge < -0.3 is 20.1 Å². The van der Waals surface area contributed by atoms with Crippen LogP contribution in [0.3, 0.4) is 0 Å². The highest BCUT2D eigenvalue weighted by molar-refractivity contribution is 5.68. The number of rotatable bonds is 5. The Morgan fingerprint density at radius 3 is 3.06 bits per heavy atom. The molecule has 1 aliphatic rings. The van der Waals surface area contributed by atoms with Crippen molar-refractivity contribution in [1.29, 1.82) is 0 Å². The Bertz CT molecular complexity index is 400. The smallest absolute Gasteiger partial charge is 0.242 e. The average Bonchev–Trinajstić information content (AvgIpc) is 2.81. The Kier molecular flexibility index (Phi) is 4.19. The first-order valence-corrected chi connectivity index (χ1v) is 6.23. The standard InChI is InChI=1S/C12H20N4O2/c1-3-18-12-10(13)11(14-8-15-12)16-5-4-9(6-16)7-17-2/h8-9H,3-7,13H2,1-2H3. The van der Waals surface area contributed by atoms with Crippen LogP contribution in [-0.4, -0.2) is 43.4 Å². The molecule has 6 heteroatoms. The molecule has 2 N–H and O–H groups in total. The monoisotopic (exact) mass is 252 g/mol. The lowest BCUT2D eigenvalue weighted by Crippen LogP contribution is -2.23. The number of anilines is 2. The van der Waals surface area contributed by atoms with Gasteiger partial charge in [-0.2, -0.15) is 4.98 Å². The molecular weight excluding hydrogens is 232 g/mol. The molecule has 100 valence electrons. The third kappa shape index (κ3) is 2.64. The van der Waals surface area contributed by atoms with E-state index in [0.29, 0.717) is 24.1 Å². The molecule has 0 spiro atoms. The molecule has 1 fully saturated rings. The van der Waals surface area contributed by atoms with Crippen molar-refractivity contribution in [1.82, 2.24) is 9.97 Å². The van der Waals surface area contributed by atoms with Crippen LogP contribution in [0.4, 0.5) is 11.5 Å². The zero-order chi connectivity index (χ0) is 13.0. The minimum absolute atomic E-state index is 0.470. The topological polar surface area (TPSA) is 73.5 Å². The second kappa shape index (κ2) is 5.86. The first-order chi connectivity index (χ1) is 8.76. The molecule has 18 heavy (non-hydrogen) atoms. The molecule has 0 aromatic carbocycles. The van der Waals surface area contributed by atoms with Crippen LogP contribution in [0.5, 0.6) is 5.88 Å². The first-order valence-electron chi connectivity index (χ1n) is 6.23. The SMILES string of the molecule is CCOc1ncnc(N2CCC(COC)C2)c1N. The maximum absolute atomic E-state index is 6.05. The molecule has 2 rings (SSSR count). The van der Waals surface area contributed by atoms with Crippen LogP contribution < -0.4 is 15.4 Å². The lowest BCUT2D eigenvalue weighted by Gasteiger charge is -2.19. The third-order valence-electron chi connectivity index (χ3n) is 3.10. The van der Waals surface area contributed by atoms with Gasteiger partial charge in [0, 0.05) is 26.1 Å². The summed E-state index contributed by atoms with van der Waals surface area (Å²) < 4.78 is 10.6. The van der Waals surface area contributed by atoms with Crippen LogP contribution in [0.15, 0.2) is 6.33 Å². The molecule has 1 unspecified atom stereocenters. The van der Waals surface area contributed by atoms with E-state index in [4.69, 9.17) is 15.2 Å². The Labute approximate surface area is 107 Å². The van der Waals surface area contributed by atoms with E-state index in [0.717, 1.165) is 31.9 Å². The number of ether oxygens (including phenoxy) is 2. The Morgan fingerprint density at radius 1 is 1.50 bits per heavy atom. The van der Waals surface area contributed by atoms with Gasteiger partial charge in [0.1, 0.15) is 12.0 Å². The van der Waals surface area contributed by atoms with Gasteiger partial charge >= 0.3 is 0 Å². The highest BCUT2D eigenvalue weighted by Gasteiger charge is 2.25. The second-order valence-corrected chi connectivity index (χ2v) is 4.41. The van der Waals surface area contributed by atoms with Gasteiger partial charge in [-0.1, -0.05) is 0 Å². The summed E-state index contributed by atoms with van der Waals surface area (Å²) in [5.74, 6) is 1.78. The minimum Gasteiger partial charge on any atom is -0.476 e. The molecule has 0 radical (unpaired) electrons. The van der Waals surface area contributed by atoms with Gasteiger partial charge in [-0.15, -0.1) is 0 Å². The highest BCUT2D eigenvalue weighted by Crippen LogP contribution is 2.31. The van der Waals surface area contributed by atoms with Crippen LogP contribution >= 0.6 is 0 Å². The fraction of sp³-hybridized carbons (Fsp3) is 0.667. The number of nitrogens with two attached hydrogens (primary N) is 1. The molecule has 0 bridgehead atoms. The number of methoxy groups -OCH3 is 1. The molecule has 0 aliphatic carbocycles. The lowest BCUT2D eigenvalue weighted by atomic mass is 10.1. The van der Waals surface area contributed by atoms with Gasteiger partial charge in [0.25, 0.3) is 0 Å². The summed E-state index contributed by atoms with van der Waals surface area (Å²) in [7, 11) is 1.73. The molecule has 1 atom stereocenters. The predicted molar refractivity (Wildman–Crippen MR) is 69.8 cm³/mol. The van der Waals surface area contributed by atoms with Gasteiger partial charge in [-0.05, 0) is 13.3 Å². The van der Waals surface area contributed by atoms with Gasteiger partial charge in [-0.25, -0.2) is 4.98 Å². The maximum atomic E-state index is 6.05. The Morgan fingerprint density at radius 2 is 2.33 bits per heavy atom. The molecule has 2 heterocycles. The summed E-state index contributed by atoms with van der Waals surface area (Å²) in [4.78, 5) is 10.5. The van der Waals surface area contributed by atoms with Crippen molar-refractivity contribution in [2.75, 3.05) is 44.0 Å². The number of hydrogen-bond acceptors (Lipinski definition) is 6. The Balaban J connectivity index is 2.12. The summed E-state index contributed by atoms with van der Waals surface area (Å²) in [5.41, 5.74) is 6.57. The summed E-state index contributed by atoms with van der Waals surface area (Å²) in [5, 5.41) is 0. The quantitative estimate of drug-likeness (QED) is 0.840. The minimum atomic E-state index is 0.470. The van der Waals surface area contributed by atoms with Crippen molar-refractivity contribution in [3.8, 4) is 5.88 Å². The molecule has 1 aromatic heterocycles. The van der Waals surface area contributed by atoms with Gasteiger partial charge in [0.15, 0.2) is 5.82 Å². The summed E-state index contributed by atoms with van der Waals surface area (Å²) in [6.45, 7) is 5.10. The normalized spacial score (nSPS) is 19.2. The average molecular weight is 252 g/mol. The van der Waals surface area contributed by atoms with E-state index in [2.05, 4.69) is 14.9 Å². The molecule has 1 aromatic rings. The Hall–Kier alpha value is -1.56. The van der Waals surface area contributed by atoms with Crippen LogP contribution in [0, 0.1) is 5.92 Å². The first kappa shape index (κ1) is 12.9. The van der Waals surface area contributed by atoms with E-state index in [-0.39, 0.29) is 0 Å². The van der Waals surface area contributed by atoms with E-state index in [1.807, 2.05) is 6.92 Å². The number of hydrogen-bond donors (Lipinski definition) is 1. The molecule has 0 saturated carbocycles. The fourth-order valence-electron chi connectivity index (χ4n) is 2.27. The number of nitrogens with zero attached hydrogens (tertiary/aromatic N) is 3. The van der Waals surface area contributed by atoms with E-state index in [9.17, 15) is 0 Å². The predicted octanol–water partition coefficient (Wildman–Crippen LogP) is 0.930. The second-order valence-electron chi connectivity index (χ2n) is 4.41. The van der Waals surface area contributed by atoms with Crippen molar-refractivity contribution in [3.63, 3.8) is 0 Å². The van der Waals surface area contributed by atoms with E-state index in [1.165, 1.54) is 6.33 Å². The van der Waals surface area contributed by atoms with E-state index < -0.39 is 0 Å². The van der Waals surface area contributed by atoms with Crippen molar-refractivity contribution in [2.24, 2.45) is 5.92 Å². The van der Waals surface area contributed by atoms with Crippen LogP contribution in [-0.2, 0) is 4.74 Å². The van der Waals surface area contributed by atoms with E-state index in [1.54, 1.807) is 7.11 Å². The molecule has 0 amide bonds. The van der Waals surface area contributed by atoms with Crippen molar-refractivity contribution in [2.45, 2.75) is 13.3 Å². The molecule has 1 aliphatic heterocycles. The van der Waals surface area contributed by atoms with Crippen LogP contribution in [0.25, 0.3) is 0 Å². The summed E-state index contributed by atoms with van der Waals surface area (Å²) in [6.07, 6.45) is 2.60. The van der Waals surface area contributed by atoms with Crippen molar-refractivity contribution < 1.29 is 9.47 Å². The summed E-state index contributed by atoms with van der Waals surface area (Å²) >= 11 is 0. The van der Waals surface area contributed by atoms with Gasteiger partial charge in [0.05, 0.1) is 13.2 Å². The van der Waals surface area contributed by atoms with Crippen molar-refractivity contribution in [3.05, 3.63) is 6.33 Å². The highest BCUT2D eigenvalue weighted by atomic mass is 16.5. The van der Waals surface area contributed by atoms with Crippen molar-refractivity contribution >= 4 is 11.5 Å². The maximum Gasteiger partial charge on any atom is 0.242 e. The molecular formula is C12H20N4O2. The number of nitrogen functional groups attached to an aromatic ring is 1. The van der Waals surface area contributed by atoms with Crippen LogP contribution in [0.2, 0.25) is 0 Å². The molecule has 6 nitrogen and oxygen atoms in total. The van der Waals surface area contributed by atoms with Gasteiger partial charge in [0.2, 0.25) is 5.88 Å². The summed E-state index contributed by atoms with van der Waals surface area (Å²) in [6, 6.07) is 0. The van der Waals surface area contributed by atoms with Gasteiger partial charge in [-0.3, -0.25) is 0 Å². The zero-order valence-corrected chi connectivity index (χ0v) is 10.9. The largest absolute Gasteiger partial charge is 0.476 e. The van der Waals surface area contributed by atoms with Crippen LogP contribution in [0.1, 0.15) is 13.3 Å². The lowest BCUT2D eigenvalue weighted by molar-refractivity contribution is 0.161. The third-order valence-corrected chi connectivity index (χ3v) is 3.10. The van der Waals surface area contributed by atoms with E-state index >= 15 is 0 Å². The number of aromatic nitrogens is 2. The molecule has 1 saturated heterocycles.